The minimum Gasteiger partial charge on any atom is -0.0622 e. The molecule has 90 valence electrons. The predicted octanol–water partition coefficient (Wildman–Crippen LogP) is 4.75. The number of hydrogen-bond acceptors (Lipinski definition) is 0. The highest BCUT2D eigenvalue weighted by Gasteiger charge is 2.60. The number of allylic oxidation sites excluding steroid dienone is 1. The molecule has 1 aliphatic rings. The molecular formula is C17H18P+. The average molecular weight is 253 g/mol. The van der Waals surface area contributed by atoms with Crippen LogP contribution < -0.4 is 5.30 Å². The summed E-state index contributed by atoms with van der Waals surface area (Å²) in [7, 11) is -1.13. The molecule has 0 radical (unpaired) electrons. The van der Waals surface area contributed by atoms with Gasteiger partial charge in [-0.1, -0.05) is 55.5 Å². The quantitative estimate of drug-likeness (QED) is 0.692. The predicted molar refractivity (Wildman–Crippen MR) is 82.6 cm³/mol. The molecular weight excluding hydrogens is 235 g/mol. The number of hydrogen-bond donors (Lipinski definition) is 0. The van der Waals surface area contributed by atoms with Crippen LogP contribution >= 0.6 is 7.26 Å². The average Bonchev–Trinajstić information content (AvgIpc) is 3.07. The van der Waals surface area contributed by atoms with Gasteiger partial charge in [0.2, 0.25) is 0 Å². The van der Waals surface area contributed by atoms with Gasteiger partial charge in [0.25, 0.3) is 0 Å². The minimum atomic E-state index is -1.13. The molecule has 1 heterocycles. The van der Waals surface area contributed by atoms with Crippen molar-refractivity contribution < 1.29 is 0 Å². The lowest BCUT2D eigenvalue weighted by Crippen LogP contribution is -2.01. The molecule has 0 saturated heterocycles. The van der Waals surface area contributed by atoms with Crippen LogP contribution in [0.1, 0.15) is 18.9 Å². The third kappa shape index (κ3) is 1.64. The molecule has 2 aromatic rings. The van der Waals surface area contributed by atoms with Crippen molar-refractivity contribution in [2.45, 2.75) is 13.3 Å². The van der Waals surface area contributed by atoms with Gasteiger partial charge >= 0.3 is 0 Å². The summed E-state index contributed by atoms with van der Waals surface area (Å²) in [5, 5.41) is 4.86. The Kier molecular flexibility index (Phi) is 2.84. The maximum atomic E-state index is 2.46. The summed E-state index contributed by atoms with van der Waals surface area (Å²) in [6.07, 6.45) is 1.18. The van der Waals surface area contributed by atoms with Crippen LogP contribution in [-0.4, -0.2) is 6.66 Å². The maximum absolute atomic E-state index is 2.46. The van der Waals surface area contributed by atoms with Crippen molar-refractivity contribution >= 4 is 17.9 Å². The molecule has 1 aliphatic heterocycles. The Labute approximate surface area is 110 Å². The van der Waals surface area contributed by atoms with E-state index >= 15 is 0 Å². The first-order chi connectivity index (χ1) is 8.78. The summed E-state index contributed by atoms with van der Waals surface area (Å²) in [6.45, 7) is 4.75. The van der Waals surface area contributed by atoms with Gasteiger partial charge in [-0.05, 0) is 12.1 Å². The molecule has 0 spiro atoms. The molecule has 0 fully saturated rings. The van der Waals surface area contributed by atoms with E-state index in [4.69, 9.17) is 0 Å². The molecule has 0 saturated carbocycles. The highest BCUT2D eigenvalue weighted by Crippen LogP contribution is 2.87. The normalized spacial score (nSPS) is 22.1. The standard InChI is InChI=1S/C17H18P/c1-3-16-17(14-10-6-4-7-11-14)18(16,2)15-12-8-5-9-13-15/h4-13H,3H2,1-2H3/q+1. The maximum Gasteiger partial charge on any atom is 0.149 e. The first-order valence-corrected chi connectivity index (χ1v) is 8.74. The number of rotatable bonds is 3. The molecule has 0 bridgehead atoms. The van der Waals surface area contributed by atoms with E-state index < -0.39 is 7.26 Å². The van der Waals surface area contributed by atoms with Gasteiger partial charge in [-0.15, -0.1) is 0 Å². The largest absolute Gasteiger partial charge is 0.149 e. The van der Waals surface area contributed by atoms with Crippen LogP contribution in [0.2, 0.25) is 0 Å². The summed E-state index contributed by atoms with van der Waals surface area (Å²) in [5.41, 5.74) is 1.43. The van der Waals surface area contributed by atoms with Crippen molar-refractivity contribution in [1.82, 2.24) is 0 Å². The van der Waals surface area contributed by atoms with E-state index in [1.807, 2.05) is 0 Å². The zero-order valence-corrected chi connectivity index (χ0v) is 11.8. The number of benzene rings is 2. The summed E-state index contributed by atoms with van der Waals surface area (Å²) < 4.78 is 0. The first kappa shape index (κ1) is 11.7. The van der Waals surface area contributed by atoms with Crippen molar-refractivity contribution in [2.75, 3.05) is 6.66 Å². The highest BCUT2D eigenvalue weighted by atomic mass is 31.2. The Bertz CT molecular complexity index is 584. The Morgan fingerprint density at radius 1 is 0.833 bits per heavy atom. The minimum absolute atomic E-state index is 1.13. The van der Waals surface area contributed by atoms with E-state index in [1.54, 1.807) is 10.6 Å². The molecule has 0 aliphatic carbocycles. The zero-order valence-electron chi connectivity index (χ0n) is 10.9. The van der Waals surface area contributed by atoms with Crippen LogP contribution in [0.4, 0.5) is 0 Å². The Balaban J connectivity index is 2.03. The van der Waals surface area contributed by atoms with E-state index in [0.717, 1.165) is 0 Å². The van der Waals surface area contributed by atoms with Gasteiger partial charge in [0, 0.05) is 12.0 Å². The lowest BCUT2D eigenvalue weighted by atomic mass is 10.2. The monoisotopic (exact) mass is 253 g/mol. The van der Waals surface area contributed by atoms with Gasteiger partial charge in [0.05, 0.1) is 6.66 Å². The fourth-order valence-corrected chi connectivity index (χ4v) is 7.04. The molecule has 0 amide bonds. The smallest absolute Gasteiger partial charge is 0.0622 e. The van der Waals surface area contributed by atoms with Crippen LogP contribution in [0.3, 0.4) is 0 Å². The van der Waals surface area contributed by atoms with Crippen LogP contribution in [0.25, 0.3) is 5.31 Å². The SMILES string of the molecule is CCC1=C(c2ccccc2)[P+]1(C)c1ccccc1. The summed E-state index contributed by atoms with van der Waals surface area (Å²) >= 11 is 0. The lowest BCUT2D eigenvalue weighted by molar-refractivity contribution is 1.22. The molecule has 2 aromatic carbocycles. The van der Waals surface area contributed by atoms with Gasteiger partial charge in [0.1, 0.15) is 23.2 Å². The molecule has 0 aromatic heterocycles. The van der Waals surface area contributed by atoms with Gasteiger partial charge in [0.15, 0.2) is 0 Å². The van der Waals surface area contributed by atoms with Crippen LogP contribution in [-0.2, 0) is 0 Å². The van der Waals surface area contributed by atoms with Gasteiger partial charge in [-0.3, -0.25) is 0 Å². The zero-order chi connectivity index (χ0) is 12.6. The second kappa shape index (κ2) is 4.37. The van der Waals surface area contributed by atoms with Crippen molar-refractivity contribution in [3.8, 4) is 0 Å². The lowest BCUT2D eigenvalue weighted by Gasteiger charge is -2.06. The van der Waals surface area contributed by atoms with Crippen molar-refractivity contribution in [1.29, 1.82) is 0 Å². The summed E-state index contributed by atoms with van der Waals surface area (Å²) in [6, 6.07) is 21.9. The van der Waals surface area contributed by atoms with E-state index in [1.165, 1.54) is 17.3 Å². The Hall–Kier alpha value is -1.39. The third-order valence-corrected chi connectivity index (χ3v) is 8.01. The fourth-order valence-electron chi connectivity index (χ4n) is 2.90. The molecule has 1 heteroatoms. The van der Waals surface area contributed by atoms with Crippen LogP contribution in [0.5, 0.6) is 0 Å². The Morgan fingerprint density at radius 3 is 1.94 bits per heavy atom. The molecule has 3 rings (SSSR count). The first-order valence-electron chi connectivity index (χ1n) is 6.50. The molecule has 0 N–H and O–H groups in total. The van der Waals surface area contributed by atoms with Gasteiger partial charge in [-0.25, -0.2) is 0 Å². The molecule has 1 unspecified atom stereocenters. The highest BCUT2D eigenvalue weighted by molar-refractivity contribution is 8.02. The van der Waals surface area contributed by atoms with E-state index in [2.05, 4.69) is 74.3 Å². The van der Waals surface area contributed by atoms with Crippen LogP contribution in [0.15, 0.2) is 66.0 Å². The van der Waals surface area contributed by atoms with Crippen molar-refractivity contribution in [3.63, 3.8) is 0 Å². The van der Waals surface area contributed by atoms with E-state index in [9.17, 15) is 0 Å². The van der Waals surface area contributed by atoms with Crippen molar-refractivity contribution in [3.05, 3.63) is 71.5 Å². The second-order valence-corrected chi connectivity index (χ2v) is 8.37. The van der Waals surface area contributed by atoms with Gasteiger partial charge < -0.3 is 0 Å². The van der Waals surface area contributed by atoms with Crippen LogP contribution in [0, 0.1) is 0 Å². The van der Waals surface area contributed by atoms with E-state index in [-0.39, 0.29) is 0 Å². The molecule has 18 heavy (non-hydrogen) atoms. The third-order valence-electron chi connectivity index (χ3n) is 3.87. The summed E-state index contributed by atoms with van der Waals surface area (Å²) in [4.78, 5) is 0. The second-order valence-electron chi connectivity index (χ2n) is 4.86. The van der Waals surface area contributed by atoms with E-state index in [0.29, 0.717) is 0 Å². The van der Waals surface area contributed by atoms with Gasteiger partial charge in [-0.2, -0.15) is 0 Å². The Morgan fingerprint density at radius 2 is 1.39 bits per heavy atom. The molecule has 1 atom stereocenters. The van der Waals surface area contributed by atoms with Crippen molar-refractivity contribution in [2.24, 2.45) is 0 Å². The molecule has 0 nitrogen and oxygen atoms in total. The fraction of sp³-hybridized carbons (Fsp3) is 0.176. The summed E-state index contributed by atoms with van der Waals surface area (Å²) in [5.74, 6) is 0. The topological polar surface area (TPSA) is 0 Å².